The molecule has 0 aliphatic rings. The van der Waals surface area contributed by atoms with Crippen LogP contribution in [0.2, 0.25) is 0 Å². The predicted octanol–water partition coefficient (Wildman–Crippen LogP) is 3.52. The quantitative estimate of drug-likeness (QED) is 0.797. The zero-order chi connectivity index (χ0) is 13.3. The molecule has 0 N–H and O–H groups in total. The number of aryl methyl sites for hydroxylation is 1. The fraction of sp³-hybridized carbons (Fsp3) is 0.0833. The normalized spacial score (nSPS) is 11.2. The van der Waals surface area contributed by atoms with E-state index in [1.54, 1.807) is 25.1 Å². The van der Waals surface area contributed by atoms with E-state index < -0.39 is 9.05 Å². The van der Waals surface area contributed by atoms with Gasteiger partial charge >= 0.3 is 0 Å². The molecule has 0 radical (unpaired) electrons. The Morgan fingerprint density at radius 2 is 2.00 bits per heavy atom. The Morgan fingerprint density at radius 1 is 1.28 bits per heavy atom. The summed E-state index contributed by atoms with van der Waals surface area (Å²) >= 11 is 1.31. The Labute approximate surface area is 114 Å². The maximum atomic E-state index is 11.4. The Morgan fingerprint density at radius 3 is 2.56 bits per heavy atom. The van der Waals surface area contributed by atoms with E-state index >= 15 is 0 Å². The van der Waals surface area contributed by atoms with E-state index in [1.807, 2.05) is 12.1 Å². The highest BCUT2D eigenvalue weighted by molar-refractivity contribution is 8.13. The fourth-order valence-corrected chi connectivity index (χ4v) is 3.59. The average molecular weight is 298 g/mol. The first-order chi connectivity index (χ1) is 8.41. The third-order valence-electron chi connectivity index (χ3n) is 2.45. The highest BCUT2D eigenvalue weighted by Gasteiger charge is 2.15. The molecule has 3 nitrogen and oxygen atoms in total. The standard InChI is InChI=1S/C12H8ClNO2S2/c1-8-2-3-9(6-12(8)18(13,15)16)11-5-4-10(7-14)17-11/h2-6H,1H3. The molecule has 0 unspecified atom stereocenters. The van der Waals surface area contributed by atoms with Gasteiger partial charge in [-0.1, -0.05) is 12.1 Å². The second kappa shape index (κ2) is 4.73. The predicted molar refractivity (Wildman–Crippen MR) is 72.2 cm³/mol. The van der Waals surface area contributed by atoms with Crippen molar-refractivity contribution in [3.63, 3.8) is 0 Å². The van der Waals surface area contributed by atoms with Crippen molar-refractivity contribution < 1.29 is 8.42 Å². The van der Waals surface area contributed by atoms with E-state index in [-0.39, 0.29) is 4.90 Å². The zero-order valence-corrected chi connectivity index (χ0v) is 11.7. The second-order valence-corrected chi connectivity index (χ2v) is 7.31. The molecule has 0 fully saturated rings. The van der Waals surface area contributed by atoms with Gasteiger partial charge in [0.1, 0.15) is 10.9 Å². The number of hydrogen-bond acceptors (Lipinski definition) is 4. The van der Waals surface area contributed by atoms with Crippen LogP contribution in [-0.4, -0.2) is 8.42 Å². The van der Waals surface area contributed by atoms with Crippen LogP contribution in [0, 0.1) is 18.3 Å². The van der Waals surface area contributed by atoms with Gasteiger partial charge in [-0.05, 0) is 36.2 Å². The molecule has 0 saturated heterocycles. The van der Waals surface area contributed by atoms with Gasteiger partial charge in [0, 0.05) is 15.6 Å². The van der Waals surface area contributed by atoms with E-state index in [0.29, 0.717) is 10.4 Å². The fourth-order valence-electron chi connectivity index (χ4n) is 1.57. The van der Waals surface area contributed by atoms with Crippen molar-refractivity contribution in [2.75, 3.05) is 0 Å². The smallest absolute Gasteiger partial charge is 0.207 e. The molecular formula is C12H8ClNO2S2. The van der Waals surface area contributed by atoms with Crippen LogP contribution in [0.5, 0.6) is 0 Å². The molecule has 0 aliphatic carbocycles. The largest absolute Gasteiger partial charge is 0.261 e. The highest BCUT2D eigenvalue weighted by Crippen LogP contribution is 2.31. The van der Waals surface area contributed by atoms with Crippen molar-refractivity contribution in [2.24, 2.45) is 0 Å². The molecule has 1 aromatic carbocycles. The van der Waals surface area contributed by atoms with E-state index in [2.05, 4.69) is 0 Å². The van der Waals surface area contributed by atoms with Crippen LogP contribution < -0.4 is 0 Å². The van der Waals surface area contributed by atoms with Crippen LogP contribution in [0.4, 0.5) is 0 Å². The number of nitrogens with zero attached hydrogens (tertiary/aromatic N) is 1. The maximum absolute atomic E-state index is 11.4. The summed E-state index contributed by atoms with van der Waals surface area (Å²) in [6.07, 6.45) is 0. The molecule has 92 valence electrons. The maximum Gasteiger partial charge on any atom is 0.261 e. The Bertz CT molecular complexity index is 742. The lowest BCUT2D eigenvalue weighted by atomic mass is 10.1. The number of benzene rings is 1. The molecule has 6 heteroatoms. The summed E-state index contributed by atoms with van der Waals surface area (Å²) in [7, 11) is 1.63. The van der Waals surface area contributed by atoms with Crippen molar-refractivity contribution in [2.45, 2.75) is 11.8 Å². The van der Waals surface area contributed by atoms with E-state index in [1.165, 1.54) is 17.4 Å². The molecule has 2 aromatic rings. The molecule has 1 heterocycles. The molecule has 0 aliphatic heterocycles. The van der Waals surface area contributed by atoms with Gasteiger partial charge in [-0.25, -0.2) is 8.42 Å². The van der Waals surface area contributed by atoms with Gasteiger partial charge in [0.15, 0.2) is 0 Å². The lowest BCUT2D eigenvalue weighted by Gasteiger charge is -2.04. The average Bonchev–Trinajstić information content (AvgIpc) is 2.76. The molecule has 0 bridgehead atoms. The Balaban J connectivity index is 2.58. The zero-order valence-electron chi connectivity index (χ0n) is 9.34. The van der Waals surface area contributed by atoms with Crippen LogP contribution in [0.25, 0.3) is 10.4 Å². The first-order valence-corrected chi connectivity index (χ1v) is 8.10. The first-order valence-electron chi connectivity index (χ1n) is 4.97. The summed E-state index contributed by atoms with van der Waals surface area (Å²) in [5.41, 5.74) is 1.34. The summed E-state index contributed by atoms with van der Waals surface area (Å²) in [5.74, 6) is 0. The molecule has 0 saturated carbocycles. The summed E-state index contributed by atoms with van der Waals surface area (Å²) < 4.78 is 22.8. The lowest BCUT2D eigenvalue weighted by molar-refractivity contribution is 0.609. The van der Waals surface area contributed by atoms with Gasteiger partial charge in [-0.2, -0.15) is 5.26 Å². The summed E-state index contributed by atoms with van der Waals surface area (Å²) in [4.78, 5) is 1.53. The molecule has 0 amide bonds. The van der Waals surface area contributed by atoms with Crippen LogP contribution in [0.1, 0.15) is 10.4 Å². The van der Waals surface area contributed by atoms with Crippen LogP contribution in [0.3, 0.4) is 0 Å². The minimum atomic E-state index is -3.75. The molecule has 0 atom stereocenters. The summed E-state index contributed by atoms with van der Waals surface area (Å²) in [6.45, 7) is 1.69. The van der Waals surface area contributed by atoms with E-state index in [0.717, 1.165) is 10.4 Å². The topological polar surface area (TPSA) is 57.9 Å². The van der Waals surface area contributed by atoms with E-state index in [4.69, 9.17) is 15.9 Å². The Kier molecular flexibility index (Phi) is 3.44. The first kappa shape index (κ1) is 13.1. The molecule has 18 heavy (non-hydrogen) atoms. The summed E-state index contributed by atoms with van der Waals surface area (Å²) in [6, 6.07) is 10.6. The molecule has 1 aromatic heterocycles. The minimum absolute atomic E-state index is 0.105. The van der Waals surface area contributed by atoms with Gasteiger partial charge < -0.3 is 0 Å². The number of halogens is 1. The van der Waals surface area contributed by atoms with Gasteiger partial charge in [-0.15, -0.1) is 11.3 Å². The van der Waals surface area contributed by atoms with E-state index in [9.17, 15) is 8.42 Å². The van der Waals surface area contributed by atoms with Gasteiger partial charge in [0.05, 0.1) is 4.90 Å². The molecular weight excluding hydrogens is 290 g/mol. The van der Waals surface area contributed by atoms with Crippen molar-refractivity contribution in [1.29, 1.82) is 5.26 Å². The van der Waals surface area contributed by atoms with Crippen molar-refractivity contribution in [1.82, 2.24) is 0 Å². The van der Waals surface area contributed by atoms with Crippen LogP contribution in [0.15, 0.2) is 35.2 Å². The monoisotopic (exact) mass is 297 g/mol. The van der Waals surface area contributed by atoms with Crippen molar-refractivity contribution >= 4 is 31.1 Å². The summed E-state index contributed by atoms with van der Waals surface area (Å²) in [5, 5.41) is 8.77. The van der Waals surface area contributed by atoms with Crippen LogP contribution >= 0.6 is 22.0 Å². The SMILES string of the molecule is Cc1ccc(-c2ccc(C#N)s2)cc1S(=O)(=O)Cl. The molecule has 0 spiro atoms. The van der Waals surface area contributed by atoms with Crippen molar-refractivity contribution in [3.05, 3.63) is 40.8 Å². The second-order valence-electron chi connectivity index (χ2n) is 3.69. The van der Waals surface area contributed by atoms with Gasteiger partial charge in [-0.3, -0.25) is 0 Å². The lowest BCUT2D eigenvalue weighted by Crippen LogP contribution is -1.94. The minimum Gasteiger partial charge on any atom is -0.207 e. The third-order valence-corrected chi connectivity index (χ3v) is 4.95. The van der Waals surface area contributed by atoms with Crippen LogP contribution in [-0.2, 0) is 9.05 Å². The Hall–Kier alpha value is -1.35. The number of rotatable bonds is 2. The van der Waals surface area contributed by atoms with Gasteiger partial charge in [0.2, 0.25) is 0 Å². The number of thiophene rings is 1. The molecule has 2 rings (SSSR count). The third kappa shape index (κ3) is 2.56. The number of hydrogen-bond donors (Lipinski definition) is 0. The van der Waals surface area contributed by atoms with Gasteiger partial charge in [0.25, 0.3) is 9.05 Å². The highest BCUT2D eigenvalue weighted by atomic mass is 35.7. The number of nitriles is 1. The van der Waals surface area contributed by atoms with Crippen molar-refractivity contribution in [3.8, 4) is 16.5 Å².